The first-order chi connectivity index (χ1) is 18.4. The van der Waals surface area contributed by atoms with E-state index in [0.717, 1.165) is 42.4 Å². The Bertz CT molecular complexity index is 1320. The fourth-order valence-electron chi connectivity index (χ4n) is 4.78. The molecule has 0 unspecified atom stereocenters. The van der Waals surface area contributed by atoms with Crippen molar-refractivity contribution in [3.8, 4) is 5.75 Å². The summed E-state index contributed by atoms with van der Waals surface area (Å²) in [5, 5.41) is 15.0. The van der Waals surface area contributed by atoms with Crippen molar-refractivity contribution in [2.24, 2.45) is 0 Å². The topological polar surface area (TPSA) is 100 Å². The first kappa shape index (κ1) is 30.1. The molecule has 1 aromatic heterocycles. The Hall–Kier alpha value is -1.91. The van der Waals surface area contributed by atoms with Gasteiger partial charge in [-0.3, -0.25) is 4.79 Å². The van der Waals surface area contributed by atoms with E-state index in [2.05, 4.69) is 79.8 Å². The van der Waals surface area contributed by atoms with Crippen molar-refractivity contribution in [2.75, 3.05) is 30.3 Å². The summed E-state index contributed by atoms with van der Waals surface area (Å²) in [7, 11) is -2.10. The highest BCUT2D eigenvalue weighted by molar-refractivity contribution is 8.20. The van der Waals surface area contributed by atoms with E-state index < -0.39 is 8.32 Å². The number of phenols is 1. The molecule has 0 amide bonds. The number of phenolic OH excluding ortho intramolecular Hbond substituents is 1. The SMILES string of the molecule is CC(C)(C)[Si](C)(C)O[C@@H](CNCCCCC1(c2ccc(N)cc2)SCCS1)c1ccc(O)c2[nH]c(=O)ccc12. The average Bonchev–Trinajstić information content (AvgIpc) is 3.35. The third-order valence-corrected chi connectivity index (χ3v) is 16.1. The fraction of sp³-hybridized carbons (Fsp3) is 0.500. The Morgan fingerprint density at radius 1 is 1.08 bits per heavy atom. The quantitative estimate of drug-likeness (QED) is 0.110. The second kappa shape index (κ2) is 12.3. The third-order valence-electron chi connectivity index (χ3n) is 8.04. The molecule has 212 valence electrons. The number of aromatic hydroxyl groups is 1. The Morgan fingerprint density at radius 2 is 1.77 bits per heavy atom. The lowest BCUT2D eigenvalue weighted by atomic mass is 10.0. The van der Waals surface area contributed by atoms with Gasteiger partial charge in [0.1, 0.15) is 5.75 Å². The molecule has 6 nitrogen and oxygen atoms in total. The number of anilines is 1. The molecule has 1 aliphatic heterocycles. The van der Waals surface area contributed by atoms with Gasteiger partial charge < -0.3 is 25.6 Å². The number of nitrogens with one attached hydrogen (secondary N) is 2. The van der Waals surface area contributed by atoms with Crippen LogP contribution >= 0.6 is 23.5 Å². The molecule has 9 heteroatoms. The number of H-pyrrole nitrogens is 1. The van der Waals surface area contributed by atoms with Crippen LogP contribution in [0.3, 0.4) is 0 Å². The zero-order valence-electron chi connectivity index (χ0n) is 23.8. The molecular weight excluding hydrogens is 543 g/mol. The van der Waals surface area contributed by atoms with Crippen molar-refractivity contribution in [1.82, 2.24) is 10.3 Å². The molecule has 0 bridgehead atoms. The maximum Gasteiger partial charge on any atom is 0.248 e. The van der Waals surface area contributed by atoms with E-state index in [1.54, 1.807) is 12.1 Å². The van der Waals surface area contributed by atoms with Gasteiger partial charge in [-0.1, -0.05) is 39.0 Å². The number of unbranched alkanes of at least 4 members (excludes halogenated alkanes) is 1. The van der Waals surface area contributed by atoms with Crippen molar-refractivity contribution >= 4 is 48.4 Å². The van der Waals surface area contributed by atoms with Crippen LogP contribution in [-0.4, -0.2) is 43.0 Å². The molecule has 3 aromatic rings. The molecule has 2 aromatic carbocycles. The number of hydrogen-bond acceptors (Lipinski definition) is 7. The maximum absolute atomic E-state index is 12.0. The molecular formula is C30H43N3O3S2Si. The van der Waals surface area contributed by atoms with Crippen molar-refractivity contribution < 1.29 is 9.53 Å². The van der Waals surface area contributed by atoms with Gasteiger partial charge in [-0.25, -0.2) is 0 Å². The summed E-state index contributed by atoms with van der Waals surface area (Å²) in [5.41, 5.74) is 9.34. The van der Waals surface area contributed by atoms with Gasteiger partial charge in [-0.05, 0) is 79.3 Å². The molecule has 39 heavy (non-hydrogen) atoms. The number of rotatable bonds is 11. The van der Waals surface area contributed by atoms with Crippen molar-refractivity contribution in [1.29, 1.82) is 0 Å². The first-order valence-corrected chi connectivity index (χ1v) is 18.7. The second-order valence-electron chi connectivity index (χ2n) is 11.9. The van der Waals surface area contributed by atoms with Crippen LogP contribution in [0, 0.1) is 0 Å². The maximum atomic E-state index is 12.0. The molecule has 1 fully saturated rings. The highest BCUT2D eigenvalue weighted by atomic mass is 32.2. The lowest BCUT2D eigenvalue weighted by Crippen LogP contribution is -2.43. The molecule has 2 heterocycles. The summed E-state index contributed by atoms with van der Waals surface area (Å²) < 4.78 is 7.05. The van der Waals surface area contributed by atoms with E-state index >= 15 is 0 Å². The molecule has 0 saturated carbocycles. The molecule has 0 spiro atoms. The molecule has 1 saturated heterocycles. The normalized spacial score (nSPS) is 16.5. The van der Waals surface area contributed by atoms with Gasteiger partial charge in [0.25, 0.3) is 0 Å². The minimum Gasteiger partial charge on any atom is -0.506 e. The average molecular weight is 586 g/mol. The van der Waals surface area contributed by atoms with Crippen LogP contribution in [0.4, 0.5) is 5.69 Å². The number of fused-ring (bicyclic) bond motifs is 1. The van der Waals surface area contributed by atoms with Crippen LogP contribution < -0.4 is 16.6 Å². The van der Waals surface area contributed by atoms with Crippen molar-refractivity contribution in [2.45, 2.75) is 68.3 Å². The lowest BCUT2D eigenvalue weighted by molar-refractivity contribution is 0.181. The number of hydrogen-bond donors (Lipinski definition) is 4. The predicted molar refractivity (Wildman–Crippen MR) is 171 cm³/mol. The van der Waals surface area contributed by atoms with Crippen LogP contribution in [0.1, 0.15) is 57.3 Å². The minimum absolute atomic E-state index is 0.0549. The number of thioether (sulfide) groups is 2. The van der Waals surface area contributed by atoms with Crippen LogP contribution in [0.5, 0.6) is 5.75 Å². The molecule has 4 rings (SSSR count). The van der Waals surface area contributed by atoms with Gasteiger partial charge in [0, 0.05) is 35.2 Å². The van der Waals surface area contributed by atoms with E-state index in [-0.39, 0.29) is 26.5 Å². The number of aromatic amines is 1. The van der Waals surface area contributed by atoms with Crippen LogP contribution in [0.2, 0.25) is 18.1 Å². The smallest absolute Gasteiger partial charge is 0.248 e. The van der Waals surface area contributed by atoms with E-state index in [9.17, 15) is 9.90 Å². The van der Waals surface area contributed by atoms with E-state index in [1.807, 2.05) is 18.2 Å². The van der Waals surface area contributed by atoms with Gasteiger partial charge in [-0.2, -0.15) is 0 Å². The molecule has 1 atom stereocenters. The molecule has 1 aliphatic rings. The summed E-state index contributed by atoms with van der Waals surface area (Å²) >= 11 is 4.13. The second-order valence-corrected chi connectivity index (χ2v) is 19.7. The Balaban J connectivity index is 1.44. The first-order valence-electron chi connectivity index (χ1n) is 13.8. The van der Waals surface area contributed by atoms with Crippen LogP contribution in [0.15, 0.2) is 53.3 Å². The number of nitrogen functional groups attached to an aromatic ring is 1. The molecule has 0 aliphatic carbocycles. The lowest BCUT2D eigenvalue weighted by Gasteiger charge is -2.39. The highest BCUT2D eigenvalue weighted by Crippen LogP contribution is 2.55. The summed E-state index contributed by atoms with van der Waals surface area (Å²) in [6, 6.07) is 15.3. The molecule has 5 N–H and O–H groups in total. The van der Waals surface area contributed by atoms with Crippen LogP contribution in [0.25, 0.3) is 10.9 Å². The number of pyridine rings is 1. The van der Waals surface area contributed by atoms with Gasteiger partial charge in [0.15, 0.2) is 8.32 Å². The minimum atomic E-state index is -2.10. The standard InChI is InChI=1S/C30H43N3O3S2Si/c1-29(2,3)39(4,5)36-26(23-12-14-25(34)28-24(23)13-15-27(35)33-28)20-32-17-7-6-16-30(37-18-19-38-30)21-8-10-22(31)11-9-21/h8-15,26,32,34H,6-7,16-20,31H2,1-5H3,(H,33,35)/t26-/m0/s1. The van der Waals surface area contributed by atoms with Gasteiger partial charge in [0.2, 0.25) is 5.56 Å². The fourth-order valence-corrected chi connectivity index (χ4v) is 9.39. The third kappa shape index (κ3) is 7.06. The van der Waals surface area contributed by atoms with Gasteiger partial charge in [-0.15, -0.1) is 23.5 Å². The largest absolute Gasteiger partial charge is 0.506 e. The monoisotopic (exact) mass is 585 g/mol. The van der Waals surface area contributed by atoms with Crippen molar-refractivity contribution in [3.05, 3.63) is 70.0 Å². The zero-order valence-corrected chi connectivity index (χ0v) is 26.4. The van der Waals surface area contributed by atoms with E-state index in [1.165, 1.54) is 23.1 Å². The summed E-state index contributed by atoms with van der Waals surface area (Å²) in [6.07, 6.45) is 3.15. The summed E-state index contributed by atoms with van der Waals surface area (Å²) in [5.74, 6) is 2.44. The van der Waals surface area contributed by atoms with Crippen LogP contribution in [-0.2, 0) is 8.51 Å². The van der Waals surface area contributed by atoms with Gasteiger partial charge >= 0.3 is 0 Å². The number of aromatic nitrogens is 1. The Labute approximate surface area is 242 Å². The van der Waals surface area contributed by atoms with E-state index in [0.29, 0.717) is 12.1 Å². The highest BCUT2D eigenvalue weighted by Gasteiger charge is 2.40. The van der Waals surface area contributed by atoms with Gasteiger partial charge in [0.05, 0.1) is 15.7 Å². The molecule has 0 radical (unpaired) electrons. The number of benzene rings is 2. The predicted octanol–water partition coefficient (Wildman–Crippen LogP) is 6.97. The summed E-state index contributed by atoms with van der Waals surface area (Å²) in [4.78, 5) is 14.8. The van der Waals surface area contributed by atoms with Crippen molar-refractivity contribution in [3.63, 3.8) is 0 Å². The number of nitrogens with two attached hydrogens (primary N) is 1. The Morgan fingerprint density at radius 3 is 2.44 bits per heavy atom. The summed E-state index contributed by atoms with van der Waals surface area (Å²) in [6.45, 7) is 12.8. The Kier molecular flexibility index (Phi) is 9.48. The zero-order chi connectivity index (χ0) is 28.3. The van der Waals surface area contributed by atoms with E-state index in [4.69, 9.17) is 10.2 Å².